The van der Waals surface area contributed by atoms with E-state index in [1.54, 1.807) is 7.11 Å². The second-order valence-corrected chi connectivity index (χ2v) is 5.06. The SMILES string of the molecule is COCCCNC(=O)CN1N=C(c2ccccc2)CCC1=O. The van der Waals surface area contributed by atoms with Crippen molar-refractivity contribution in [3.8, 4) is 0 Å². The Balaban J connectivity index is 1.94. The molecule has 6 nitrogen and oxygen atoms in total. The molecular formula is C16H21N3O3. The number of nitrogens with one attached hydrogen (secondary N) is 1. The van der Waals surface area contributed by atoms with E-state index < -0.39 is 0 Å². The van der Waals surface area contributed by atoms with Crippen LogP contribution in [0.25, 0.3) is 0 Å². The molecule has 0 fully saturated rings. The van der Waals surface area contributed by atoms with Crippen LogP contribution in [-0.2, 0) is 14.3 Å². The van der Waals surface area contributed by atoms with Gasteiger partial charge in [-0.25, -0.2) is 5.01 Å². The van der Waals surface area contributed by atoms with E-state index in [9.17, 15) is 9.59 Å². The third-order valence-corrected chi connectivity index (χ3v) is 3.35. The highest BCUT2D eigenvalue weighted by Gasteiger charge is 2.23. The Morgan fingerprint density at radius 3 is 2.82 bits per heavy atom. The summed E-state index contributed by atoms with van der Waals surface area (Å²) in [6.45, 7) is 1.09. The fourth-order valence-corrected chi connectivity index (χ4v) is 2.20. The highest BCUT2D eigenvalue weighted by molar-refractivity contribution is 6.04. The van der Waals surface area contributed by atoms with Gasteiger partial charge in [0.15, 0.2) is 0 Å². The van der Waals surface area contributed by atoms with Gasteiger partial charge in [0.1, 0.15) is 6.54 Å². The number of benzene rings is 1. The molecule has 0 bridgehead atoms. The van der Waals surface area contributed by atoms with E-state index in [1.807, 2.05) is 30.3 Å². The predicted molar refractivity (Wildman–Crippen MR) is 83.4 cm³/mol. The lowest BCUT2D eigenvalue weighted by atomic mass is 10.0. The molecule has 0 unspecified atom stereocenters. The van der Waals surface area contributed by atoms with Gasteiger partial charge in [0, 0.05) is 33.1 Å². The van der Waals surface area contributed by atoms with Crippen molar-refractivity contribution in [1.82, 2.24) is 10.3 Å². The molecule has 0 spiro atoms. The summed E-state index contributed by atoms with van der Waals surface area (Å²) in [5.41, 5.74) is 1.83. The van der Waals surface area contributed by atoms with Crippen molar-refractivity contribution in [3.05, 3.63) is 35.9 Å². The van der Waals surface area contributed by atoms with Crippen LogP contribution in [0.4, 0.5) is 0 Å². The fourth-order valence-electron chi connectivity index (χ4n) is 2.20. The maximum Gasteiger partial charge on any atom is 0.243 e. The average Bonchev–Trinajstić information content (AvgIpc) is 2.54. The summed E-state index contributed by atoms with van der Waals surface area (Å²) in [4.78, 5) is 23.7. The molecule has 0 aromatic heterocycles. The van der Waals surface area contributed by atoms with Crippen LogP contribution >= 0.6 is 0 Å². The molecule has 2 rings (SSSR count). The number of hydrazone groups is 1. The highest BCUT2D eigenvalue weighted by atomic mass is 16.5. The normalized spacial score (nSPS) is 14.7. The number of rotatable bonds is 7. The number of carbonyl (C=O) groups is 2. The quantitative estimate of drug-likeness (QED) is 0.769. The Morgan fingerprint density at radius 1 is 1.32 bits per heavy atom. The molecule has 0 radical (unpaired) electrons. The first-order valence-electron chi connectivity index (χ1n) is 7.39. The molecule has 1 aromatic carbocycles. The molecule has 0 saturated carbocycles. The van der Waals surface area contributed by atoms with Crippen LogP contribution in [0.3, 0.4) is 0 Å². The van der Waals surface area contributed by atoms with Crippen LogP contribution in [0.15, 0.2) is 35.4 Å². The van der Waals surface area contributed by atoms with Crippen molar-refractivity contribution in [2.75, 3.05) is 26.8 Å². The van der Waals surface area contributed by atoms with E-state index in [2.05, 4.69) is 10.4 Å². The maximum absolute atomic E-state index is 11.9. The first-order chi connectivity index (χ1) is 10.7. The zero-order chi connectivity index (χ0) is 15.8. The summed E-state index contributed by atoms with van der Waals surface area (Å²) in [5.74, 6) is -0.325. The van der Waals surface area contributed by atoms with E-state index in [0.29, 0.717) is 26.0 Å². The third kappa shape index (κ3) is 4.66. The summed E-state index contributed by atoms with van der Waals surface area (Å²) in [6.07, 6.45) is 1.73. The molecule has 0 saturated heterocycles. The number of methoxy groups -OCH3 is 1. The molecule has 0 aliphatic carbocycles. The lowest BCUT2D eigenvalue weighted by Crippen LogP contribution is -2.40. The van der Waals surface area contributed by atoms with Crippen molar-refractivity contribution in [2.45, 2.75) is 19.3 Å². The summed E-state index contributed by atoms with van der Waals surface area (Å²) in [5, 5.41) is 8.35. The lowest BCUT2D eigenvalue weighted by molar-refractivity contribution is -0.136. The van der Waals surface area contributed by atoms with Gasteiger partial charge in [0.25, 0.3) is 0 Å². The molecule has 2 amide bonds. The summed E-state index contributed by atoms with van der Waals surface area (Å²) < 4.78 is 4.92. The van der Waals surface area contributed by atoms with E-state index in [0.717, 1.165) is 17.7 Å². The van der Waals surface area contributed by atoms with Crippen LogP contribution in [0.1, 0.15) is 24.8 Å². The van der Waals surface area contributed by atoms with Crippen molar-refractivity contribution < 1.29 is 14.3 Å². The minimum atomic E-state index is -0.206. The molecule has 1 aromatic rings. The molecule has 118 valence electrons. The standard InChI is InChI=1S/C16H21N3O3/c1-22-11-5-10-17-15(20)12-19-16(21)9-8-14(18-19)13-6-3-2-4-7-13/h2-4,6-7H,5,8-12H2,1H3,(H,17,20). The highest BCUT2D eigenvalue weighted by Crippen LogP contribution is 2.14. The Hall–Kier alpha value is -2.21. The summed E-state index contributed by atoms with van der Waals surface area (Å²) in [6, 6.07) is 9.71. The Bertz CT molecular complexity index is 543. The van der Waals surface area contributed by atoms with Crippen LogP contribution in [0, 0.1) is 0 Å². The van der Waals surface area contributed by atoms with Crippen molar-refractivity contribution in [3.63, 3.8) is 0 Å². The number of carbonyl (C=O) groups excluding carboxylic acids is 2. The van der Waals surface area contributed by atoms with E-state index in [1.165, 1.54) is 5.01 Å². The zero-order valence-corrected chi connectivity index (χ0v) is 12.7. The Morgan fingerprint density at radius 2 is 2.09 bits per heavy atom. The smallest absolute Gasteiger partial charge is 0.243 e. The second-order valence-electron chi connectivity index (χ2n) is 5.06. The summed E-state index contributed by atoms with van der Waals surface area (Å²) >= 11 is 0. The number of ether oxygens (including phenoxy) is 1. The molecule has 1 aliphatic heterocycles. The first kappa shape index (κ1) is 16.2. The molecule has 0 atom stereocenters. The van der Waals surface area contributed by atoms with Gasteiger partial charge in [-0.1, -0.05) is 30.3 Å². The van der Waals surface area contributed by atoms with Gasteiger partial charge in [-0.3, -0.25) is 9.59 Å². The van der Waals surface area contributed by atoms with Gasteiger partial charge in [-0.2, -0.15) is 5.10 Å². The molecular weight excluding hydrogens is 282 g/mol. The predicted octanol–water partition coefficient (Wildman–Crippen LogP) is 1.17. The zero-order valence-electron chi connectivity index (χ0n) is 12.7. The van der Waals surface area contributed by atoms with E-state index in [4.69, 9.17) is 4.74 Å². The first-order valence-corrected chi connectivity index (χ1v) is 7.39. The number of amides is 2. The average molecular weight is 303 g/mol. The van der Waals surface area contributed by atoms with Crippen LogP contribution in [0.2, 0.25) is 0 Å². The largest absolute Gasteiger partial charge is 0.385 e. The van der Waals surface area contributed by atoms with Crippen molar-refractivity contribution in [1.29, 1.82) is 0 Å². The van der Waals surface area contributed by atoms with Gasteiger partial charge in [0.2, 0.25) is 11.8 Å². The fraction of sp³-hybridized carbons (Fsp3) is 0.438. The van der Waals surface area contributed by atoms with Gasteiger partial charge in [-0.05, 0) is 12.0 Å². The lowest BCUT2D eigenvalue weighted by Gasteiger charge is -2.23. The molecule has 1 aliphatic rings. The number of hydrogen-bond donors (Lipinski definition) is 1. The molecule has 1 heterocycles. The van der Waals surface area contributed by atoms with E-state index in [-0.39, 0.29) is 18.4 Å². The van der Waals surface area contributed by atoms with Crippen LogP contribution < -0.4 is 5.32 Å². The Kier molecular flexibility index (Phi) is 6.09. The van der Waals surface area contributed by atoms with Crippen molar-refractivity contribution in [2.24, 2.45) is 5.10 Å². The second kappa shape index (κ2) is 8.29. The monoisotopic (exact) mass is 303 g/mol. The Labute approximate surface area is 130 Å². The van der Waals surface area contributed by atoms with Crippen molar-refractivity contribution >= 4 is 17.5 Å². The van der Waals surface area contributed by atoms with Gasteiger partial charge in [-0.15, -0.1) is 0 Å². The van der Waals surface area contributed by atoms with Gasteiger partial charge < -0.3 is 10.1 Å². The molecule has 22 heavy (non-hydrogen) atoms. The number of hydrogen-bond acceptors (Lipinski definition) is 4. The summed E-state index contributed by atoms with van der Waals surface area (Å²) in [7, 11) is 1.62. The number of nitrogens with zero attached hydrogens (tertiary/aromatic N) is 2. The van der Waals surface area contributed by atoms with Crippen LogP contribution in [0.5, 0.6) is 0 Å². The topological polar surface area (TPSA) is 71.0 Å². The minimum Gasteiger partial charge on any atom is -0.385 e. The molecule has 1 N–H and O–H groups in total. The minimum absolute atomic E-state index is 0.0395. The van der Waals surface area contributed by atoms with Gasteiger partial charge >= 0.3 is 0 Å². The van der Waals surface area contributed by atoms with Gasteiger partial charge in [0.05, 0.1) is 5.71 Å². The molecule has 6 heteroatoms. The van der Waals surface area contributed by atoms with Crippen LogP contribution in [-0.4, -0.2) is 49.3 Å². The van der Waals surface area contributed by atoms with E-state index >= 15 is 0 Å². The maximum atomic E-state index is 11.9. The third-order valence-electron chi connectivity index (χ3n) is 3.35.